The molecule has 0 spiro atoms. The van der Waals surface area contributed by atoms with Crippen LogP contribution in [0.1, 0.15) is 59.2 Å². The van der Waals surface area contributed by atoms with E-state index in [4.69, 9.17) is 4.74 Å². The number of cyclic esters (lactones) is 1. The topological polar surface area (TPSA) is 152 Å². The van der Waals surface area contributed by atoms with Gasteiger partial charge in [0.2, 0.25) is 11.2 Å². The number of esters is 1. The largest absolute Gasteiger partial charge is 0.458 e. The summed E-state index contributed by atoms with van der Waals surface area (Å²) < 4.78 is 21.6. The molecule has 5 N–H and O–H groups in total. The number of rotatable bonds is 4. The van der Waals surface area contributed by atoms with Crippen molar-refractivity contribution in [1.29, 1.82) is 0 Å². The fraction of sp³-hybridized carbons (Fsp3) is 0.407. The number of ether oxygens (including phenoxy) is 1. The lowest BCUT2D eigenvalue weighted by Crippen LogP contribution is -2.44. The Kier molecular flexibility index (Phi) is 5.46. The van der Waals surface area contributed by atoms with E-state index < -0.39 is 47.6 Å². The normalized spacial score (nSPS) is 21.9. The number of carbonyl (C=O) groups excluding carboxylic acids is 2. The molecule has 4 heterocycles. The van der Waals surface area contributed by atoms with Crippen molar-refractivity contribution in [3.8, 4) is 11.4 Å². The summed E-state index contributed by atoms with van der Waals surface area (Å²) in [6.45, 7) is 2.48. The highest BCUT2D eigenvalue weighted by atomic mass is 19.1. The molecule has 38 heavy (non-hydrogen) atoms. The monoisotopic (exact) mass is 524 g/mol. The van der Waals surface area contributed by atoms with Crippen molar-refractivity contribution in [3.05, 3.63) is 61.7 Å². The third-order valence-electron chi connectivity index (χ3n) is 8.25. The second-order valence-electron chi connectivity index (χ2n) is 10.2. The number of amides is 1. The molecule has 2 aliphatic heterocycles. The van der Waals surface area contributed by atoms with Crippen molar-refractivity contribution in [1.82, 2.24) is 9.88 Å². The summed E-state index contributed by atoms with van der Waals surface area (Å²) in [4.78, 5) is 41.9. The van der Waals surface area contributed by atoms with Crippen LogP contribution in [0, 0.1) is 12.7 Å². The predicted molar refractivity (Wildman–Crippen MR) is 130 cm³/mol. The lowest BCUT2D eigenvalue weighted by Gasteiger charge is -2.31. The van der Waals surface area contributed by atoms with Crippen molar-refractivity contribution in [2.75, 3.05) is 6.61 Å². The van der Waals surface area contributed by atoms with Crippen LogP contribution in [-0.4, -0.2) is 44.5 Å². The Morgan fingerprint density at radius 1 is 1.32 bits per heavy atom. The molecule has 1 amide bonds. The molecule has 2 aromatic heterocycles. The summed E-state index contributed by atoms with van der Waals surface area (Å²) in [7, 11) is 0. The lowest BCUT2D eigenvalue weighted by atomic mass is 9.81. The van der Waals surface area contributed by atoms with E-state index in [1.807, 2.05) is 0 Å². The number of aliphatic hydroxyl groups excluding tert-OH is 2. The van der Waals surface area contributed by atoms with Crippen molar-refractivity contribution in [2.45, 2.75) is 64.0 Å². The van der Waals surface area contributed by atoms with E-state index in [9.17, 15) is 34.1 Å². The summed E-state index contributed by atoms with van der Waals surface area (Å²) in [5.74, 6) is -1.95. The maximum atomic E-state index is 14.9. The van der Waals surface area contributed by atoms with Crippen LogP contribution in [0.3, 0.4) is 0 Å². The second-order valence-corrected chi connectivity index (χ2v) is 10.2. The van der Waals surface area contributed by atoms with Crippen molar-refractivity contribution in [2.24, 2.45) is 0 Å². The molecular weight excluding hydrogens is 497 g/mol. The number of halogens is 1. The first kappa shape index (κ1) is 24.7. The van der Waals surface area contributed by atoms with Crippen LogP contribution in [0.25, 0.3) is 22.3 Å². The summed E-state index contributed by atoms with van der Waals surface area (Å²) >= 11 is 0. The summed E-state index contributed by atoms with van der Waals surface area (Å²) in [6, 6.07) is 2.42. The van der Waals surface area contributed by atoms with Crippen LogP contribution >= 0.6 is 0 Å². The van der Waals surface area contributed by atoms with Gasteiger partial charge in [-0.1, -0.05) is 6.92 Å². The highest BCUT2D eigenvalue weighted by Crippen LogP contribution is 2.44. The molecule has 0 unspecified atom stereocenters. The number of aryl methyl sites for hydroxylation is 1. The number of hydrogen-bond donors (Lipinski definition) is 4. The number of aromatic nitrogens is 2. The molecule has 1 aliphatic carbocycles. The van der Waals surface area contributed by atoms with Gasteiger partial charge in [-0.15, -0.1) is 0 Å². The SMILES string of the molecule is CC[C@@]1(O)C(=O)OCc2c1cc1n(c2=O)Cc2c-1[nH+]c1cc(F)c(C)c3c1c2[C@@H](NC(=O)[C@@H](O)CO)CC3. The number of nitrogens with zero attached hydrogens (tertiary/aromatic N) is 1. The standard InChI is InChI=1S/C27H26FN3O7/c1-3-27(37)15-6-19-23-13(8-31(19)25(35)14(15)10-38-26(27)36)22-17(30-24(34)20(33)9-32)5-4-12-11(2)16(28)7-18(29-23)21(12)22/h6-7,17,20,32-33,37H,3-5,8-10H2,1-2H3,(H,30,34)/p+1/t17-,20-,27-/m0/s1. The van der Waals surface area contributed by atoms with Crippen LogP contribution in [-0.2, 0) is 39.5 Å². The highest BCUT2D eigenvalue weighted by Gasteiger charge is 2.46. The zero-order chi connectivity index (χ0) is 27.1. The van der Waals surface area contributed by atoms with E-state index in [1.165, 1.54) is 10.6 Å². The van der Waals surface area contributed by atoms with E-state index >= 15 is 0 Å². The third-order valence-corrected chi connectivity index (χ3v) is 8.25. The van der Waals surface area contributed by atoms with E-state index in [-0.39, 0.29) is 30.7 Å². The number of fused-ring (bicyclic) bond motifs is 5. The predicted octanol–water partition coefficient (Wildman–Crippen LogP) is 0.403. The maximum absolute atomic E-state index is 14.9. The van der Waals surface area contributed by atoms with Gasteiger partial charge in [0.1, 0.15) is 18.1 Å². The second kappa shape index (κ2) is 8.42. The fourth-order valence-corrected chi connectivity index (χ4v) is 6.13. The van der Waals surface area contributed by atoms with Crippen LogP contribution in [0.4, 0.5) is 4.39 Å². The average molecular weight is 525 g/mol. The Hall–Kier alpha value is -3.67. The summed E-state index contributed by atoms with van der Waals surface area (Å²) in [5.41, 5.74) is 2.13. The van der Waals surface area contributed by atoms with Crippen LogP contribution in [0.5, 0.6) is 0 Å². The van der Waals surface area contributed by atoms with Gasteiger partial charge in [0.25, 0.3) is 11.5 Å². The molecule has 3 aliphatic rings. The van der Waals surface area contributed by atoms with Gasteiger partial charge in [0, 0.05) is 17.2 Å². The van der Waals surface area contributed by atoms with Gasteiger partial charge >= 0.3 is 5.97 Å². The molecular formula is C27H27FN3O7+. The van der Waals surface area contributed by atoms with Gasteiger partial charge in [0.05, 0.1) is 35.7 Å². The molecule has 1 aromatic carbocycles. The van der Waals surface area contributed by atoms with E-state index in [0.29, 0.717) is 46.4 Å². The number of benzene rings is 1. The number of H-pyrrole nitrogens is 1. The number of aliphatic hydroxyl groups is 3. The number of pyridine rings is 2. The van der Waals surface area contributed by atoms with Crippen LogP contribution < -0.4 is 15.9 Å². The molecule has 3 aromatic rings. The molecule has 0 saturated heterocycles. The fourth-order valence-electron chi connectivity index (χ4n) is 6.13. The number of aromatic amines is 1. The van der Waals surface area contributed by atoms with Crippen molar-refractivity contribution in [3.63, 3.8) is 0 Å². The molecule has 10 nitrogen and oxygen atoms in total. The van der Waals surface area contributed by atoms with E-state index in [0.717, 1.165) is 10.9 Å². The van der Waals surface area contributed by atoms with Crippen LogP contribution in [0.15, 0.2) is 16.9 Å². The van der Waals surface area contributed by atoms with Gasteiger partial charge in [0.15, 0.2) is 11.7 Å². The van der Waals surface area contributed by atoms with Crippen LogP contribution in [0.2, 0.25) is 0 Å². The Morgan fingerprint density at radius 2 is 2.08 bits per heavy atom. The Bertz CT molecular complexity index is 1630. The lowest BCUT2D eigenvalue weighted by molar-refractivity contribution is -0.331. The first-order valence-corrected chi connectivity index (χ1v) is 12.6. The first-order chi connectivity index (χ1) is 18.1. The molecule has 0 radical (unpaired) electrons. The molecule has 0 fully saturated rings. The molecule has 3 atom stereocenters. The number of nitrogens with one attached hydrogen (secondary N) is 2. The number of hydrogen-bond acceptors (Lipinski definition) is 7. The molecule has 0 bridgehead atoms. The summed E-state index contributed by atoms with van der Waals surface area (Å²) in [6.07, 6.45) is -0.687. The first-order valence-electron chi connectivity index (χ1n) is 12.6. The Morgan fingerprint density at radius 3 is 2.79 bits per heavy atom. The molecule has 6 rings (SSSR count). The minimum absolute atomic E-state index is 0.0103. The van der Waals surface area contributed by atoms with Gasteiger partial charge in [-0.25, -0.2) is 14.2 Å². The van der Waals surface area contributed by atoms with Crippen molar-refractivity contribution >= 4 is 22.8 Å². The number of carbonyl (C=O) groups is 2. The van der Waals surface area contributed by atoms with Gasteiger partial charge < -0.3 is 25.4 Å². The van der Waals surface area contributed by atoms with E-state index in [1.54, 1.807) is 19.9 Å². The minimum Gasteiger partial charge on any atom is -0.458 e. The molecule has 11 heteroatoms. The highest BCUT2D eigenvalue weighted by molar-refractivity contribution is 5.91. The van der Waals surface area contributed by atoms with Gasteiger partial charge in [-0.05, 0) is 43.4 Å². The smallest absolute Gasteiger partial charge is 0.343 e. The summed E-state index contributed by atoms with van der Waals surface area (Å²) in [5, 5.41) is 33.8. The quantitative estimate of drug-likeness (QED) is 0.282. The Labute approximate surface area is 215 Å². The molecule has 0 saturated carbocycles. The average Bonchev–Trinajstić information content (AvgIpc) is 3.28. The Balaban J connectivity index is 1.63. The zero-order valence-electron chi connectivity index (χ0n) is 20.9. The van der Waals surface area contributed by atoms with Gasteiger partial charge in [-0.2, -0.15) is 0 Å². The van der Waals surface area contributed by atoms with Gasteiger partial charge in [-0.3, -0.25) is 14.2 Å². The maximum Gasteiger partial charge on any atom is 0.343 e. The molecule has 198 valence electrons. The van der Waals surface area contributed by atoms with E-state index in [2.05, 4.69) is 10.3 Å². The minimum atomic E-state index is -1.97. The third kappa shape index (κ3) is 3.22. The van der Waals surface area contributed by atoms with Crippen molar-refractivity contribution < 1.29 is 39.0 Å². The zero-order valence-corrected chi connectivity index (χ0v) is 20.9.